The van der Waals surface area contributed by atoms with Gasteiger partial charge in [0.2, 0.25) is 5.70 Å². The minimum absolute atomic E-state index is 0.130. The molecule has 3 rings (SSSR count). The number of nitrogens with zero attached hydrogens (tertiary/aromatic N) is 4. The first-order valence-corrected chi connectivity index (χ1v) is 6.91. The lowest BCUT2D eigenvalue weighted by molar-refractivity contribution is -0.428. The van der Waals surface area contributed by atoms with Gasteiger partial charge in [0, 0.05) is 44.4 Å². The highest BCUT2D eigenvalue weighted by Gasteiger charge is 2.35. The van der Waals surface area contributed by atoms with E-state index in [0.29, 0.717) is 25.3 Å². The zero-order valence-corrected chi connectivity index (χ0v) is 11.7. The van der Waals surface area contributed by atoms with E-state index in [-0.39, 0.29) is 18.0 Å². The zero-order chi connectivity index (χ0) is 15.5. The van der Waals surface area contributed by atoms with Gasteiger partial charge in [0.05, 0.1) is 10.8 Å². The summed E-state index contributed by atoms with van der Waals surface area (Å²) < 4.78 is 5.25. The predicted molar refractivity (Wildman–Crippen MR) is 75.2 cm³/mol. The van der Waals surface area contributed by atoms with E-state index in [9.17, 15) is 14.9 Å². The minimum Gasteiger partial charge on any atom is -0.415 e. The van der Waals surface area contributed by atoms with Crippen molar-refractivity contribution in [1.82, 2.24) is 14.9 Å². The van der Waals surface area contributed by atoms with Crippen LogP contribution in [0.25, 0.3) is 0 Å². The summed E-state index contributed by atoms with van der Waals surface area (Å²) in [6.45, 7) is 1.04. The van der Waals surface area contributed by atoms with Crippen LogP contribution in [-0.2, 0) is 4.74 Å². The topological polar surface area (TPSA) is 98.5 Å². The van der Waals surface area contributed by atoms with Crippen molar-refractivity contribution in [2.24, 2.45) is 0 Å². The summed E-state index contributed by atoms with van der Waals surface area (Å²) in [6.07, 6.45) is 6.41. The van der Waals surface area contributed by atoms with Crippen LogP contribution in [0.15, 0.2) is 42.1 Å². The van der Waals surface area contributed by atoms with E-state index in [0.717, 1.165) is 5.82 Å². The van der Waals surface area contributed by atoms with Gasteiger partial charge >= 0.3 is 6.09 Å². The number of hydrogen-bond acceptors (Lipinski definition) is 6. The molecule has 0 atom stereocenters. The minimum atomic E-state index is -0.434. The summed E-state index contributed by atoms with van der Waals surface area (Å²) in [6, 6.07) is 1.75. The van der Waals surface area contributed by atoms with E-state index in [1.807, 2.05) is 0 Å². The molecule has 1 fully saturated rings. The van der Waals surface area contributed by atoms with Gasteiger partial charge in [-0.3, -0.25) is 10.1 Å². The monoisotopic (exact) mass is 302 g/mol. The fourth-order valence-electron chi connectivity index (χ4n) is 2.33. The first-order chi connectivity index (χ1) is 10.6. The van der Waals surface area contributed by atoms with Gasteiger partial charge in [0.1, 0.15) is 11.6 Å². The molecule has 1 saturated heterocycles. The van der Waals surface area contributed by atoms with Crippen LogP contribution in [-0.4, -0.2) is 39.0 Å². The molecule has 0 spiro atoms. The van der Waals surface area contributed by atoms with Crippen LogP contribution >= 0.6 is 0 Å². The molecule has 0 unspecified atom stereocenters. The van der Waals surface area contributed by atoms with Gasteiger partial charge in [-0.25, -0.2) is 14.8 Å². The van der Waals surface area contributed by atoms with Crippen molar-refractivity contribution < 1.29 is 14.5 Å². The highest BCUT2D eigenvalue weighted by atomic mass is 16.6. The van der Waals surface area contributed by atoms with E-state index >= 15 is 0 Å². The van der Waals surface area contributed by atoms with Crippen LogP contribution in [0.3, 0.4) is 0 Å². The van der Waals surface area contributed by atoms with Gasteiger partial charge in [0.25, 0.3) is 0 Å². The molecule has 8 nitrogen and oxygen atoms in total. The molecule has 0 bridgehead atoms. The number of rotatable bonds is 3. The zero-order valence-electron chi connectivity index (χ0n) is 11.7. The quantitative estimate of drug-likeness (QED) is 0.624. The molecule has 0 radical (unpaired) electrons. The van der Waals surface area contributed by atoms with Crippen molar-refractivity contribution in [2.45, 2.75) is 18.8 Å². The number of allylic oxidation sites excluding steroid dienone is 4. The van der Waals surface area contributed by atoms with Crippen LogP contribution in [0.1, 0.15) is 24.6 Å². The molecule has 1 aromatic heterocycles. The van der Waals surface area contributed by atoms with Gasteiger partial charge in [-0.05, 0) is 12.1 Å². The second kappa shape index (κ2) is 5.92. The number of amides is 1. The Morgan fingerprint density at radius 2 is 2.00 bits per heavy atom. The Morgan fingerprint density at radius 1 is 1.27 bits per heavy atom. The molecule has 2 heterocycles. The largest absolute Gasteiger partial charge is 0.415 e. The van der Waals surface area contributed by atoms with Crippen molar-refractivity contribution in [2.75, 3.05) is 13.1 Å². The molecule has 0 aromatic carbocycles. The maximum Gasteiger partial charge on any atom is 0.414 e. The van der Waals surface area contributed by atoms with E-state index in [1.54, 1.807) is 23.4 Å². The standard InChI is InChI=1S/C14H14N4O4/c19-14(22-12-4-2-11(3-5-12)18(20)21)17-8-10(9-17)13-15-6-1-7-16-13/h1-2,4,6-7,10H,3,5,8-9H2. The summed E-state index contributed by atoms with van der Waals surface area (Å²) >= 11 is 0. The first kappa shape index (κ1) is 14.2. The van der Waals surface area contributed by atoms with Gasteiger partial charge in [0.15, 0.2) is 0 Å². The average molecular weight is 302 g/mol. The first-order valence-electron chi connectivity index (χ1n) is 6.91. The van der Waals surface area contributed by atoms with Crippen molar-refractivity contribution in [3.05, 3.63) is 58.0 Å². The lowest BCUT2D eigenvalue weighted by Gasteiger charge is -2.37. The normalized spacial score (nSPS) is 18.1. The average Bonchev–Trinajstić information content (AvgIpc) is 2.47. The van der Waals surface area contributed by atoms with Gasteiger partial charge in [-0.2, -0.15) is 0 Å². The number of carbonyl (C=O) groups excluding carboxylic acids is 1. The number of likely N-dealkylation sites (tertiary alicyclic amines) is 1. The van der Waals surface area contributed by atoms with E-state index in [4.69, 9.17) is 4.74 Å². The Hall–Kier alpha value is -2.77. The molecule has 0 saturated carbocycles. The molecule has 0 N–H and O–H groups in total. The molecule has 2 aliphatic rings. The second-order valence-corrected chi connectivity index (χ2v) is 5.12. The van der Waals surface area contributed by atoms with Crippen LogP contribution in [0, 0.1) is 10.1 Å². The molecular weight excluding hydrogens is 288 g/mol. The van der Waals surface area contributed by atoms with Crippen molar-refractivity contribution in [1.29, 1.82) is 0 Å². The highest BCUT2D eigenvalue weighted by molar-refractivity contribution is 5.70. The summed E-state index contributed by atoms with van der Waals surface area (Å²) in [5.41, 5.74) is 0.130. The van der Waals surface area contributed by atoms with E-state index in [2.05, 4.69) is 9.97 Å². The van der Waals surface area contributed by atoms with Gasteiger partial charge in [-0.1, -0.05) is 0 Å². The Bertz CT molecular complexity index is 650. The third kappa shape index (κ3) is 2.95. The lowest BCUT2D eigenvalue weighted by Crippen LogP contribution is -2.49. The SMILES string of the molecule is O=C(OC1=CC=C([N+](=O)[O-])CC1)N1CC(c2ncccn2)C1. The van der Waals surface area contributed by atoms with Gasteiger partial charge in [-0.15, -0.1) is 0 Å². The van der Waals surface area contributed by atoms with E-state index < -0.39 is 11.0 Å². The second-order valence-electron chi connectivity index (χ2n) is 5.12. The molecule has 22 heavy (non-hydrogen) atoms. The maximum atomic E-state index is 12.0. The number of carbonyl (C=O) groups is 1. The predicted octanol–water partition coefficient (Wildman–Crippen LogP) is 1.85. The Labute approximate surface area is 126 Å². The van der Waals surface area contributed by atoms with Crippen molar-refractivity contribution in [3.8, 4) is 0 Å². The fraction of sp³-hybridized carbons (Fsp3) is 0.357. The number of hydrogen-bond donors (Lipinski definition) is 0. The molecule has 1 aliphatic heterocycles. The number of aromatic nitrogens is 2. The number of nitro groups is 1. The highest BCUT2D eigenvalue weighted by Crippen LogP contribution is 2.26. The Morgan fingerprint density at radius 3 is 2.59 bits per heavy atom. The van der Waals surface area contributed by atoms with Crippen molar-refractivity contribution >= 4 is 6.09 Å². The fourth-order valence-corrected chi connectivity index (χ4v) is 2.33. The van der Waals surface area contributed by atoms with Crippen LogP contribution in [0.2, 0.25) is 0 Å². The maximum absolute atomic E-state index is 12.0. The Kier molecular flexibility index (Phi) is 3.82. The van der Waals surface area contributed by atoms with E-state index in [1.165, 1.54) is 12.2 Å². The van der Waals surface area contributed by atoms with Crippen LogP contribution < -0.4 is 0 Å². The van der Waals surface area contributed by atoms with Crippen LogP contribution in [0.5, 0.6) is 0 Å². The molecule has 1 aromatic rings. The summed E-state index contributed by atoms with van der Waals surface area (Å²) in [7, 11) is 0. The van der Waals surface area contributed by atoms with Crippen molar-refractivity contribution in [3.63, 3.8) is 0 Å². The summed E-state index contributed by atoms with van der Waals surface area (Å²) in [4.78, 5) is 32.0. The molecule has 1 amide bonds. The summed E-state index contributed by atoms with van der Waals surface area (Å²) in [5.74, 6) is 1.31. The third-order valence-electron chi connectivity index (χ3n) is 3.63. The molecule has 1 aliphatic carbocycles. The molecule has 114 valence electrons. The molecular formula is C14H14N4O4. The molecule has 8 heteroatoms. The van der Waals surface area contributed by atoms with Crippen LogP contribution in [0.4, 0.5) is 4.79 Å². The number of ether oxygens (including phenoxy) is 1. The summed E-state index contributed by atoms with van der Waals surface area (Å²) in [5, 5.41) is 10.6. The third-order valence-corrected chi connectivity index (χ3v) is 3.63. The lowest BCUT2D eigenvalue weighted by atomic mass is 10.00. The Balaban J connectivity index is 1.52. The smallest absolute Gasteiger partial charge is 0.414 e. The van der Waals surface area contributed by atoms with Gasteiger partial charge < -0.3 is 9.64 Å².